The zero-order valence-electron chi connectivity index (χ0n) is 15.3. The number of sulfonamides is 1. The van der Waals surface area contributed by atoms with Crippen molar-refractivity contribution in [3.8, 4) is 0 Å². The van der Waals surface area contributed by atoms with Gasteiger partial charge in [0, 0.05) is 37.7 Å². The number of amides is 1. The van der Waals surface area contributed by atoms with Gasteiger partial charge in [0.1, 0.15) is 0 Å². The predicted octanol–water partition coefficient (Wildman–Crippen LogP) is 2.07. The van der Waals surface area contributed by atoms with Crippen molar-refractivity contribution in [2.75, 3.05) is 45.8 Å². The zero-order chi connectivity index (χ0) is 19.3. The fourth-order valence-electron chi connectivity index (χ4n) is 2.89. The molecule has 1 aliphatic rings. The average Bonchev–Trinajstić information content (AvgIpc) is 2.61. The van der Waals surface area contributed by atoms with Crippen molar-refractivity contribution < 1.29 is 13.2 Å². The van der Waals surface area contributed by atoms with Crippen LogP contribution < -0.4 is 0 Å². The summed E-state index contributed by atoms with van der Waals surface area (Å²) in [5.41, 5.74) is 1.01. The lowest BCUT2D eigenvalue weighted by Crippen LogP contribution is -2.52. The Morgan fingerprint density at radius 2 is 1.73 bits per heavy atom. The monoisotopic (exact) mass is 399 g/mol. The standard InChI is InChI=1S/C18H26ClN3O3S/c1-4-20(13-15(2)3)14-18(23)21-9-11-22(12-10-21)26(24,25)17-7-5-16(19)6-8-17/h5-8H,2,4,9-14H2,1,3H3. The molecule has 1 heterocycles. The number of carbonyl (C=O) groups excluding carboxylic acids is 1. The molecule has 1 fully saturated rings. The van der Waals surface area contributed by atoms with Crippen LogP contribution in [-0.4, -0.2) is 74.2 Å². The van der Waals surface area contributed by atoms with E-state index in [0.717, 1.165) is 12.1 Å². The molecule has 0 spiro atoms. The van der Waals surface area contributed by atoms with Gasteiger partial charge in [-0.2, -0.15) is 4.31 Å². The van der Waals surface area contributed by atoms with Crippen molar-refractivity contribution in [2.45, 2.75) is 18.7 Å². The Kier molecular flexibility index (Phi) is 7.23. The number of hydrogen-bond acceptors (Lipinski definition) is 4. The molecule has 1 aromatic rings. The number of piperazine rings is 1. The Balaban J connectivity index is 1.94. The summed E-state index contributed by atoms with van der Waals surface area (Å²) in [5.74, 6) is 0.0247. The third kappa shape index (κ3) is 5.30. The molecule has 6 nitrogen and oxygen atoms in total. The van der Waals surface area contributed by atoms with Gasteiger partial charge in [-0.1, -0.05) is 30.7 Å². The van der Waals surface area contributed by atoms with E-state index in [1.807, 2.05) is 18.7 Å². The number of benzene rings is 1. The highest BCUT2D eigenvalue weighted by molar-refractivity contribution is 7.89. The SMILES string of the molecule is C=C(C)CN(CC)CC(=O)N1CCN(S(=O)(=O)c2ccc(Cl)cc2)CC1. The third-order valence-corrected chi connectivity index (χ3v) is 6.51. The normalized spacial score (nSPS) is 16.1. The Morgan fingerprint density at radius 3 is 2.23 bits per heavy atom. The van der Waals surface area contributed by atoms with Gasteiger partial charge in [-0.15, -0.1) is 0 Å². The summed E-state index contributed by atoms with van der Waals surface area (Å²) in [4.78, 5) is 16.5. The van der Waals surface area contributed by atoms with Gasteiger partial charge in [0.15, 0.2) is 0 Å². The second-order valence-electron chi connectivity index (χ2n) is 6.50. The second-order valence-corrected chi connectivity index (χ2v) is 8.87. The highest BCUT2D eigenvalue weighted by Gasteiger charge is 2.30. The number of nitrogens with zero attached hydrogens (tertiary/aromatic N) is 3. The summed E-state index contributed by atoms with van der Waals surface area (Å²) in [6.07, 6.45) is 0. The fourth-order valence-corrected chi connectivity index (χ4v) is 4.43. The maximum atomic E-state index is 12.7. The highest BCUT2D eigenvalue weighted by Crippen LogP contribution is 2.20. The Labute approximate surface area is 161 Å². The van der Waals surface area contributed by atoms with Gasteiger partial charge in [0.25, 0.3) is 0 Å². The predicted molar refractivity (Wildman–Crippen MR) is 104 cm³/mol. The molecule has 0 radical (unpaired) electrons. The largest absolute Gasteiger partial charge is 0.339 e. The van der Waals surface area contributed by atoms with E-state index in [2.05, 4.69) is 6.58 Å². The summed E-state index contributed by atoms with van der Waals surface area (Å²) in [6, 6.07) is 6.14. The maximum Gasteiger partial charge on any atom is 0.243 e. The maximum absolute atomic E-state index is 12.7. The first kappa shape index (κ1) is 20.9. The van der Waals surface area contributed by atoms with E-state index >= 15 is 0 Å². The molecular formula is C18H26ClN3O3S. The van der Waals surface area contributed by atoms with Crippen LogP contribution in [-0.2, 0) is 14.8 Å². The minimum Gasteiger partial charge on any atom is -0.339 e. The molecule has 0 aliphatic carbocycles. The van der Waals surface area contributed by atoms with E-state index < -0.39 is 10.0 Å². The lowest BCUT2D eigenvalue weighted by molar-refractivity contribution is -0.133. The van der Waals surface area contributed by atoms with Gasteiger partial charge >= 0.3 is 0 Å². The van der Waals surface area contributed by atoms with E-state index in [-0.39, 0.29) is 10.8 Å². The first-order chi connectivity index (χ1) is 12.2. The zero-order valence-corrected chi connectivity index (χ0v) is 16.9. The lowest BCUT2D eigenvalue weighted by Gasteiger charge is -2.35. The molecule has 1 aromatic carbocycles. The molecule has 1 aliphatic heterocycles. The van der Waals surface area contributed by atoms with Crippen molar-refractivity contribution in [1.29, 1.82) is 0 Å². The number of carbonyl (C=O) groups is 1. The number of rotatable bonds is 7. The van der Waals surface area contributed by atoms with Gasteiger partial charge in [0.2, 0.25) is 15.9 Å². The molecule has 0 N–H and O–H groups in total. The second kappa shape index (κ2) is 8.99. The molecule has 0 atom stereocenters. The van der Waals surface area contributed by atoms with E-state index in [0.29, 0.717) is 44.3 Å². The molecule has 2 rings (SSSR count). The molecule has 0 aromatic heterocycles. The van der Waals surface area contributed by atoms with Crippen LogP contribution >= 0.6 is 11.6 Å². The van der Waals surface area contributed by atoms with Gasteiger partial charge in [-0.3, -0.25) is 9.69 Å². The molecule has 1 saturated heterocycles. The van der Waals surface area contributed by atoms with E-state index in [4.69, 9.17) is 11.6 Å². The molecule has 0 unspecified atom stereocenters. The van der Waals surface area contributed by atoms with Crippen LogP contribution in [0.1, 0.15) is 13.8 Å². The van der Waals surface area contributed by atoms with Gasteiger partial charge in [-0.25, -0.2) is 8.42 Å². The van der Waals surface area contributed by atoms with Crippen LogP contribution in [0.4, 0.5) is 0 Å². The Bertz CT molecular complexity index is 741. The molecule has 0 saturated carbocycles. The van der Waals surface area contributed by atoms with Crippen LogP contribution in [0.15, 0.2) is 41.3 Å². The molecule has 8 heteroatoms. The van der Waals surface area contributed by atoms with Gasteiger partial charge in [0.05, 0.1) is 11.4 Å². The van der Waals surface area contributed by atoms with Gasteiger partial charge < -0.3 is 4.90 Å². The molecular weight excluding hydrogens is 374 g/mol. The van der Waals surface area contributed by atoms with E-state index in [1.54, 1.807) is 17.0 Å². The van der Waals surface area contributed by atoms with Crippen LogP contribution in [0.25, 0.3) is 0 Å². The molecule has 26 heavy (non-hydrogen) atoms. The third-order valence-electron chi connectivity index (χ3n) is 4.34. The number of hydrogen-bond donors (Lipinski definition) is 0. The number of likely N-dealkylation sites (N-methyl/N-ethyl adjacent to an activating group) is 1. The fraction of sp³-hybridized carbons (Fsp3) is 0.500. The molecule has 144 valence electrons. The van der Waals surface area contributed by atoms with Crippen LogP contribution in [0.2, 0.25) is 5.02 Å². The lowest BCUT2D eigenvalue weighted by atomic mass is 10.3. The van der Waals surface area contributed by atoms with Crippen LogP contribution in [0.5, 0.6) is 0 Å². The Morgan fingerprint density at radius 1 is 1.15 bits per heavy atom. The van der Waals surface area contributed by atoms with E-state index in [1.165, 1.54) is 16.4 Å². The van der Waals surface area contributed by atoms with Crippen LogP contribution in [0.3, 0.4) is 0 Å². The van der Waals surface area contributed by atoms with Crippen molar-refractivity contribution in [3.05, 3.63) is 41.4 Å². The van der Waals surface area contributed by atoms with Gasteiger partial charge in [-0.05, 0) is 37.7 Å². The summed E-state index contributed by atoms with van der Waals surface area (Å²) in [5, 5.41) is 0.495. The quantitative estimate of drug-likeness (QED) is 0.658. The van der Waals surface area contributed by atoms with Crippen molar-refractivity contribution in [3.63, 3.8) is 0 Å². The van der Waals surface area contributed by atoms with Crippen molar-refractivity contribution in [2.24, 2.45) is 0 Å². The molecule has 1 amide bonds. The summed E-state index contributed by atoms with van der Waals surface area (Å²) in [7, 11) is -3.56. The smallest absolute Gasteiger partial charge is 0.243 e. The highest BCUT2D eigenvalue weighted by atomic mass is 35.5. The molecule has 0 bridgehead atoms. The van der Waals surface area contributed by atoms with E-state index in [9.17, 15) is 13.2 Å². The van der Waals surface area contributed by atoms with Crippen LogP contribution in [0, 0.1) is 0 Å². The minimum atomic E-state index is -3.56. The summed E-state index contributed by atoms with van der Waals surface area (Å²) < 4.78 is 26.8. The summed E-state index contributed by atoms with van der Waals surface area (Å²) >= 11 is 5.82. The minimum absolute atomic E-state index is 0.0247. The first-order valence-corrected chi connectivity index (χ1v) is 10.5. The van der Waals surface area contributed by atoms with Crippen molar-refractivity contribution >= 4 is 27.5 Å². The Hall–Kier alpha value is -1.41. The first-order valence-electron chi connectivity index (χ1n) is 8.64. The topological polar surface area (TPSA) is 60.9 Å². The van der Waals surface area contributed by atoms with Crippen molar-refractivity contribution in [1.82, 2.24) is 14.1 Å². The number of halogens is 1. The average molecular weight is 400 g/mol. The summed E-state index contributed by atoms with van der Waals surface area (Å²) in [6.45, 7) is 11.0.